The molecule has 2 fully saturated rings. The highest BCUT2D eigenvalue weighted by atomic mass is 16.7. The maximum absolute atomic E-state index is 11.6. The lowest BCUT2D eigenvalue weighted by molar-refractivity contribution is -0.312. The molecule has 2 heterocycles. The van der Waals surface area contributed by atoms with Crippen LogP contribution in [-0.2, 0) is 23.7 Å². The summed E-state index contributed by atoms with van der Waals surface area (Å²) in [5, 5.41) is 42.7. The molecule has 146 valence electrons. The van der Waals surface area contributed by atoms with E-state index in [-0.39, 0.29) is 6.61 Å². The van der Waals surface area contributed by atoms with Crippen molar-refractivity contribution in [1.29, 1.82) is 0 Å². The SMILES string of the molecule is [2H][C@@]1(O[C@@H]2C(NC(C)=O)[C@]([2H])(C)OC(CO)[C@H]2O)OC[C@@H](OC)[C@H](O)C1O. The zero-order valence-corrected chi connectivity index (χ0v) is 14.3. The van der Waals surface area contributed by atoms with E-state index in [2.05, 4.69) is 5.32 Å². The number of ether oxygens (including phenoxy) is 4. The maximum atomic E-state index is 11.6. The molecule has 3 unspecified atom stereocenters. The average molecular weight is 367 g/mol. The van der Waals surface area contributed by atoms with Crippen LogP contribution in [0.1, 0.15) is 16.6 Å². The Kier molecular flexibility index (Phi) is 6.10. The first kappa shape index (κ1) is 17.6. The standard InChI is InChI=1S/C15H27NO9/c1-6-10(16-7(2)18)14(12(20)8(4-17)24-6)25-15-13(21)11(19)9(22-3)5-23-15/h6,8-15,17,19-21H,4-5H2,1-3H3,(H,16,18)/t6-,8?,9+,10?,11-,12+,13?,14+,15-/m0/s1/i6D,15D. The minimum absolute atomic E-state index is 0.274. The highest BCUT2D eigenvalue weighted by Gasteiger charge is 2.48. The quantitative estimate of drug-likeness (QED) is 0.345. The minimum Gasteiger partial charge on any atom is -0.394 e. The Bertz CT molecular complexity index is 539. The monoisotopic (exact) mass is 367 g/mol. The van der Waals surface area contributed by atoms with Gasteiger partial charge < -0.3 is 44.7 Å². The van der Waals surface area contributed by atoms with E-state index in [0.717, 1.165) is 0 Å². The third-order valence-corrected chi connectivity index (χ3v) is 4.25. The molecular formula is C15H27NO9. The van der Waals surface area contributed by atoms with Crippen molar-refractivity contribution in [3.63, 3.8) is 0 Å². The number of hydrogen-bond acceptors (Lipinski definition) is 9. The van der Waals surface area contributed by atoms with Gasteiger partial charge in [0.1, 0.15) is 36.6 Å². The van der Waals surface area contributed by atoms with Gasteiger partial charge in [-0.3, -0.25) is 4.79 Å². The zero-order chi connectivity index (χ0) is 20.6. The summed E-state index contributed by atoms with van der Waals surface area (Å²) in [5.41, 5.74) is 0. The van der Waals surface area contributed by atoms with E-state index in [9.17, 15) is 25.2 Å². The molecule has 0 spiro atoms. The van der Waals surface area contributed by atoms with Crippen LogP contribution in [0.15, 0.2) is 0 Å². The molecule has 0 aromatic carbocycles. The van der Waals surface area contributed by atoms with Gasteiger partial charge in [-0.05, 0) is 6.92 Å². The number of methoxy groups -OCH3 is 1. The Morgan fingerprint density at radius 2 is 2.00 bits per heavy atom. The first-order chi connectivity index (χ1) is 12.5. The van der Waals surface area contributed by atoms with Crippen LogP contribution >= 0.6 is 0 Å². The van der Waals surface area contributed by atoms with Crippen molar-refractivity contribution in [3.05, 3.63) is 0 Å². The van der Waals surface area contributed by atoms with E-state index in [0.29, 0.717) is 0 Å². The van der Waals surface area contributed by atoms with Gasteiger partial charge in [-0.2, -0.15) is 0 Å². The van der Waals surface area contributed by atoms with Crippen molar-refractivity contribution in [2.45, 2.75) is 68.9 Å². The third-order valence-electron chi connectivity index (χ3n) is 4.25. The van der Waals surface area contributed by atoms with Gasteiger partial charge in [0, 0.05) is 14.0 Å². The van der Waals surface area contributed by atoms with Crippen LogP contribution in [0.2, 0.25) is 0 Å². The van der Waals surface area contributed by atoms with Crippen LogP contribution in [0.5, 0.6) is 0 Å². The van der Waals surface area contributed by atoms with E-state index < -0.39 is 67.5 Å². The number of nitrogens with one attached hydrogen (secondary N) is 1. The number of hydrogen-bond donors (Lipinski definition) is 5. The maximum Gasteiger partial charge on any atom is 0.217 e. The molecular weight excluding hydrogens is 338 g/mol. The smallest absolute Gasteiger partial charge is 0.217 e. The lowest BCUT2D eigenvalue weighted by Gasteiger charge is -2.46. The molecule has 0 radical (unpaired) electrons. The minimum atomic E-state index is -2.51. The van der Waals surface area contributed by atoms with E-state index in [4.69, 9.17) is 21.7 Å². The Morgan fingerprint density at radius 3 is 2.56 bits per heavy atom. The lowest BCUT2D eigenvalue weighted by Crippen LogP contribution is -2.66. The summed E-state index contributed by atoms with van der Waals surface area (Å²) >= 11 is 0. The van der Waals surface area contributed by atoms with Gasteiger partial charge in [0.2, 0.25) is 5.91 Å². The summed E-state index contributed by atoms with van der Waals surface area (Å²) in [5.74, 6) is -0.547. The molecule has 0 saturated carbocycles. The van der Waals surface area contributed by atoms with Crippen LogP contribution in [0.3, 0.4) is 0 Å². The zero-order valence-electron chi connectivity index (χ0n) is 16.3. The van der Waals surface area contributed by atoms with E-state index in [1.165, 1.54) is 21.0 Å². The van der Waals surface area contributed by atoms with Crippen molar-refractivity contribution in [3.8, 4) is 0 Å². The van der Waals surface area contributed by atoms with Crippen molar-refractivity contribution >= 4 is 5.91 Å². The fourth-order valence-electron chi connectivity index (χ4n) is 2.84. The van der Waals surface area contributed by atoms with Gasteiger partial charge in [-0.15, -0.1) is 0 Å². The van der Waals surface area contributed by atoms with Crippen LogP contribution in [0.4, 0.5) is 0 Å². The Labute approximate surface area is 148 Å². The van der Waals surface area contributed by atoms with E-state index in [1.54, 1.807) is 0 Å². The molecule has 25 heavy (non-hydrogen) atoms. The molecule has 9 atom stereocenters. The van der Waals surface area contributed by atoms with Gasteiger partial charge in [0.15, 0.2) is 6.27 Å². The van der Waals surface area contributed by atoms with Crippen molar-refractivity contribution in [2.24, 2.45) is 0 Å². The Hall–Kier alpha value is -0.850. The molecule has 0 bridgehead atoms. The first-order valence-electron chi connectivity index (χ1n) is 8.91. The van der Waals surface area contributed by atoms with Gasteiger partial charge >= 0.3 is 0 Å². The van der Waals surface area contributed by atoms with Gasteiger partial charge in [0.25, 0.3) is 0 Å². The molecule has 2 saturated heterocycles. The number of aliphatic hydroxyl groups excluding tert-OH is 4. The number of rotatable bonds is 5. The van der Waals surface area contributed by atoms with Crippen LogP contribution in [-0.4, -0.2) is 102 Å². The summed E-state index contributed by atoms with van der Waals surface area (Å²) in [7, 11) is 1.30. The highest BCUT2D eigenvalue weighted by molar-refractivity contribution is 5.73. The molecule has 2 rings (SSSR count). The largest absolute Gasteiger partial charge is 0.394 e. The summed E-state index contributed by atoms with van der Waals surface area (Å²) in [6, 6.07) is -1.26. The van der Waals surface area contributed by atoms with Gasteiger partial charge in [0.05, 0.1) is 28.1 Å². The molecule has 1 amide bonds. The number of carbonyl (C=O) groups excluding carboxylic acids is 1. The molecule has 10 heteroatoms. The average Bonchev–Trinajstić information content (AvgIpc) is 2.59. The normalized spacial score (nSPS) is 52.2. The molecule has 10 nitrogen and oxygen atoms in total. The predicted octanol–water partition coefficient (Wildman–Crippen LogP) is -2.89. The summed E-state index contributed by atoms with van der Waals surface area (Å²) in [6.45, 7) is 1.56. The van der Waals surface area contributed by atoms with Crippen LogP contribution < -0.4 is 5.32 Å². The topological polar surface area (TPSA) is 147 Å². The second kappa shape index (κ2) is 8.69. The molecule has 0 aliphatic carbocycles. The fraction of sp³-hybridized carbons (Fsp3) is 0.933. The third kappa shape index (κ3) is 4.47. The summed E-state index contributed by atoms with van der Waals surface area (Å²) in [4.78, 5) is 11.6. The van der Waals surface area contributed by atoms with Gasteiger partial charge in [-0.1, -0.05) is 0 Å². The van der Waals surface area contributed by atoms with Crippen LogP contribution in [0.25, 0.3) is 0 Å². The molecule has 0 aromatic rings. The molecule has 0 aromatic heterocycles. The van der Waals surface area contributed by atoms with Crippen LogP contribution in [0, 0.1) is 0 Å². The Balaban J connectivity index is 2.31. The molecule has 2 aliphatic rings. The highest BCUT2D eigenvalue weighted by Crippen LogP contribution is 2.27. The van der Waals surface area contributed by atoms with Crippen molar-refractivity contribution in [2.75, 3.05) is 20.3 Å². The summed E-state index contributed by atoms with van der Waals surface area (Å²) < 4.78 is 37.5. The van der Waals surface area contributed by atoms with Crippen molar-refractivity contribution in [1.82, 2.24) is 5.32 Å². The van der Waals surface area contributed by atoms with E-state index >= 15 is 0 Å². The second-order valence-electron chi connectivity index (χ2n) is 6.04. The number of carbonyl (C=O) groups is 1. The predicted molar refractivity (Wildman–Crippen MR) is 82.5 cm³/mol. The molecule has 5 N–H and O–H groups in total. The fourth-order valence-corrected chi connectivity index (χ4v) is 2.84. The molecule has 2 aliphatic heterocycles. The van der Waals surface area contributed by atoms with Crippen molar-refractivity contribution < 1.29 is 46.9 Å². The first-order valence-corrected chi connectivity index (χ1v) is 7.91. The van der Waals surface area contributed by atoms with E-state index in [1.807, 2.05) is 0 Å². The van der Waals surface area contributed by atoms with Gasteiger partial charge in [-0.25, -0.2) is 0 Å². The number of aliphatic hydroxyl groups is 4. The number of amides is 1. The Morgan fingerprint density at radius 1 is 1.32 bits per heavy atom. The lowest BCUT2D eigenvalue weighted by atomic mass is 9.93. The summed E-state index contributed by atoms with van der Waals surface area (Å²) in [6.07, 6.45) is -12.8. The second-order valence-corrected chi connectivity index (χ2v) is 6.04.